The minimum atomic E-state index is -0.492. The lowest BCUT2D eigenvalue weighted by Gasteiger charge is -2.13. The highest BCUT2D eigenvalue weighted by Crippen LogP contribution is 2.31. The van der Waals surface area contributed by atoms with Gasteiger partial charge in [0.2, 0.25) is 5.88 Å². The number of unbranched alkanes of at least 4 members (excludes halogenated alkanes) is 1. The number of nitrogens with zero attached hydrogens (tertiary/aromatic N) is 3. The van der Waals surface area contributed by atoms with Crippen LogP contribution in [0.25, 0.3) is 0 Å². The standard InChI is InChI=1S/C19H20ClN3O3/c1-4-5-8-23-18(24)14(10-21)12(2)15(19(23)25)11-22-16-9-13(20)6-7-17(16)26-3/h6-7,9,11,25H,4-5,8H2,1-3H3. The molecule has 0 aliphatic carbocycles. The number of aromatic nitrogens is 1. The van der Waals surface area contributed by atoms with Crippen LogP contribution in [0.4, 0.5) is 5.69 Å². The molecule has 7 heteroatoms. The molecule has 0 saturated heterocycles. The van der Waals surface area contributed by atoms with Crippen molar-refractivity contribution in [2.45, 2.75) is 33.2 Å². The van der Waals surface area contributed by atoms with Gasteiger partial charge in [0, 0.05) is 17.8 Å². The van der Waals surface area contributed by atoms with E-state index in [2.05, 4.69) is 4.99 Å². The van der Waals surface area contributed by atoms with Gasteiger partial charge < -0.3 is 9.84 Å². The third kappa shape index (κ3) is 3.89. The maximum atomic E-state index is 12.4. The highest BCUT2D eigenvalue weighted by molar-refractivity contribution is 6.30. The lowest BCUT2D eigenvalue weighted by Crippen LogP contribution is -2.25. The van der Waals surface area contributed by atoms with Gasteiger partial charge in [-0.2, -0.15) is 5.26 Å². The molecule has 0 unspecified atom stereocenters. The van der Waals surface area contributed by atoms with Crippen LogP contribution < -0.4 is 10.3 Å². The topological polar surface area (TPSA) is 87.6 Å². The molecule has 0 fully saturated rings. The largest absolute Gasteiger partial charge is 0.494 e. The van der Waals surface area contributed by atoms with Crippen LogP contribution in [-0.4, -0.2) is 23.0 Å². The minimum absolute atomic E-state index is 0.00147. The second-order valence-corrected chi connectivity index (χ2v) is 6.17. The maximum absolute atomic E-state index is 12.4. The van der Waals surface area contributed by atoms with Gasteiger partial charge in [-0.15, -0.1) is 0 Å². The smallest absolute Gasteiger partial charge is 0.271 e. The zero-order chi connectivity index (χ0) is 19.3. The summed E-state index contributed by atoms with van der Waals surface area (Å²) >= 11 is 6.00. The molecule has 2 rings (SSSR count). The van der Waals surface area contributed by atoms with Crippen LogP contribution in [0.3, 0.4) is 0 Å². The van der Waals surface area contributed by atoms with Gasteiger partial charge in [0.25, 0.3) is 5.56 Å². The van der Waals surface area contributed by atoms with Crippen LogP contribution in [0.5, 0.6) is 11.6 Å². The van der Waals surface area contributed by atoms with Crippen LogP contribution in [0.1, 0.15) is 36.5 Å². The number of aliphatic imine (C=N–C) groups is 1. The summed E-state index contributed by atoms with van der Waals surface area (Å²) in [4.78, 5) is 16.8. The summed E-state index contributed by atoms with van der Waals surface area (Å²) in [7, 11) is 1.52. The third-order valence-corrected chi connectivity index (χ3v) is 4.29. The molecule has 1 N–H and O–H groups in total. The van der Waals surface area contributed by atoms with Gasteiger partial charge >= 0.3 is 0 Å². The fourth-order valence-electron chi connectivity index (χ4n) is 2.55. The molecule has 0 spiro atoms. The molecule has 0 aliphatic heterocycles. The minimum Gasteiger partial charge on any atom is -0.494 e. The van der Waals surface area contributed by atoms with E-state index in [-0.39, 0.29) is 11.4 Å². The Morgan fingerprint density at radius 1 is 1.46 bits per heavy atom. The van der Waals surface area contributed by atoms with Gasteiger partial charge in [-0.3, -0.25) is 14.4 Å². The van der Waals surface area contributed by atoms with Crippen molar-refractivity contribution in [2.24, 2.45) is 4.99 Å². The quantitative estimate of drug-likeness (QED) is 0.776. The van der Waals surface area contributed by atoms with Crippen molar-refractivity contribution in [3.05, 3.63) is 50.3 Å². The number of benzene rings is 1. The van der Waals surface area contributed by atoms with Crippen molar-refractivity contribution in [3.63, 3.8) is 0 Å². The Hall–Kier alpha value is -2.78. The maximum Gasteiger partial charge on any atom is 0.271 e. The average Bonchev–Trinajstić information content (AvgIpc) is 2.62. The van der Waals surface area contributed by atoms with Crippen LogP contribution >= 0.6 is 11.6 Å². The van der Waals surface area contributed by atoms with E-state index in [0.717, 1.165) is 6.42 Å². The Labute approximate surface area is 156 Å². The molecule has 0 amide bonds. The molecule has 0 atom stereocenters. The van der Waals surface area contributed by atoms with Crippen molar-refractivity contribution < 1.29 is 9.84 Å². The summed E-state index contributed by atoms with van der Waals surface area (Å²) in [6, 6.07) is 6.92. The molecule has 26 heavy (non-hydrogen) atoms. The molecule has 1 aromatic carbocycles. The van der Waals surface area contributed by atoms with Gasteiger partial charge in [-0.1, -0.05) is 24.9 Å². The molecule has 0 aliphatic rings. The van der Waals surface area contributed by atoms with Crippen molar-refractivity contribution in [2.75, 3.05) is 7.11 Å². The summed E-state index contributed by atoms with van der Waals surface area (Å²) < 4.78 is 6.46. The van der Waals surface area contributed by atoms with E-state index in [1.54, 1.807) is 25.1 Å². The lowest BCUT2D eigenvalue weighted by atomic mass is 10.1. The van der Waals surface area contributed by atoms with Gasteiger partial charge in [-0.05, 0) is 37.1 Å². The van der Waals surface area contributed by atoms with Crippen molar-refractivity contribution in [1.29, 1.82) is 5.26 Å². The first-order chi connectivity index (χ1) is 12.4. The predicted octanol–water partition coefficient (Wildman–Crippen LogP) is 3.95. The normalized spacial score (nSPS) is 10.9. The van der Waals surface area contributed by atoms with E-state index in [1.807, 2.05) is 13.0 Å². The number of halogens is 1. The van der Waals surface area contributed by atoms with Crippen molar-refractivity contribution in [1.82, 2.24) is 4.57 Å². The number of nitriles is 1. The summed E-state index contributed by atoms with van der Waals surface area (Å²) in [5, 5.41) is 20.4. The molecule has 2 aromatic rings. The molecule has 0 saturated carbocycles. The second kappa shape index (κ2) is 8.54. The van der Waals surface area contributed by atoms with Crippen molar-refractivity contribution in [3.8, 4) is 17.7 Å². The van der Waals surface area contributed by atoms with Gasteiger partial charge in [0.15, 0.2) is 0 Å². The molecule has 1 aromatic heterocycles. The van der Waals surface area contributed by atoms with E-state index in [4.69, 9.17) is 16.3 Å². The Kier molecular flexibility index (Phi) is 6.42. The SMILES string of the molecule is CCCCn1c(O)c(C=Nc2cc(Cl)ccc2OC)c(C)c(C#N)c1=O. The van der Waals surface area contributed by atoms with E-state index in [1.165, 1.54) is 17.9 Å². The van der Waals surface area contributed by atoms with Crippen LogP contribution in [0.2, 0.25) is 5.02 Å². The molecule has 0 radical (unpaired) electrons. The lowest BCUT2D eigenvalue weighted by molar-refractivity contribution is 0.399. The van der Waals surface area contributed by atoms with Gasteiger partial charge in [0.1, 0.15) is 23.1 Å². The number of hydrogen-bond acceptors (Lipinski definition) is 5. The van der Waals surface area contributed by atoms with Crippen molar-refractivity contribution >= 4 is 23.5 Å². The van der Waals surface area contributed by atoms with Crippen LogP contribution in [0, 0.1) is 18.3 Å². The zero-order valence-corrected chi connectivity index (χ0v) is 15.7. The van der Waals surface area contributed by atoms with E-state index >= 15 is 0 Å². The second-order valence-electron chi connectivity index (χ2n) is 5.73. The number of methoxy groups -OCH3 is 1. The Morgan fingerprint density at radius 2 is 2.19 bits per heavy atom. The molecule has 6 nitrogen and oxygen atoms in total. The van der Waals surface area contributed by atoms with Gasteiger partial charge in [0.05, 0.1) is 12.7 Å². The van der Waals surface area contributed by atoms with Gasteiger partial charge in [-0.25, -0.2) is 0 Å². The summed E-state index contributed by atoms with van der Waals surface area (Å²) in [5.41, 5.74) is 0.683. The fraction of sp³-hybridized carbons (Fsp3) is 0.316. The molecule has 0 bridgehead atoms. The Balaban J connectivity index is 2.61. The number of rotatable bonds is 6. The van der Waals surface area contributed by atoms with E-state index in [9.17, 15) is 15.2 Å². The number of aromatic hydroxyl groups is 1. The third-order valence-electron chi connectivity index (χ3n) is 4.06. The molecule has 1 heterocycles. The number of pyridine rings is 1. The first-order valence-electron chi connectivity index (χ1n) is 8.18. The first-order valence-corrected chi connectivity index (χ1v) is 8.56. The highest BCUT2D eigenvalue weighted by atomic mass is 35.5. The Bertz CT molecular complexity index is 943. The molecule has 136 valence electrons. The molecular weight excluding hydrogens is 354 g/mol. The number of ether oxygens (including phenoxy) is 1. The average molecular weight is 374 g/mol. The summed E-state index contributed by atoms with van der Waals surface area (Å²) in [6.07, 6.45) is 2.98. The van der Waals surface area contributed by atoms with Crippen LogP contribution in [0.15, 0.2) is 28.0 Å². The first kappa shape index (κ1) is 19.5. The van der Waals surface area contributed by atoms with E-state index in [0.29, 0.717) is 40.6 Å². The highest BCUT2D eigenvalue weighted by Gasteiger charge is 2.17. The van der Waals surface area contributed by atoms with Crippen LogP contribution in [-0.2, 0) is 6.54 Å². The zero-order valence-electron chi connectivity index (χ0n) is 14.9. The summed E-state index contributed by atoms with van der Waals surface area (Å²) in [5.74, 6) is 0.312. The van der Waals surface area contributed by atoms with E-state index < -0.39 is 5.56 Å². The summed E-state index contributed by atoms with van der Waals surface area (Å²) in [6.45, 7) is 3.92. The Morgan fingerprint density at radius 3 is 2.81 bits per heavy atom. The molecular formula is C19H20ClN3O3. The fourth-order valence-corrected chi connectivity index (χ4v) is 2.71. The monoisotopic (exact) mass is 373 g/mol. The predicted molar refractivity (Wildman–Crippen MR) is 102 cm³/mol. The number of hydrogen-bond donors (Lipinski definition) is 1.